The molecule has 6 nitrogen and oxygen atoms in total. The van der Waals surface area contributed by atoms with E-state index in [0.29, 0.717) is 16.7 Å². The van der Waals surface area contributed by atoms with Crippen molar-refractivity contribution < 1.29 is 9.90 Å². The third kappa shape index (κ3) is 3.92. The zero-order valence-electron chi connectivity index (χ0n) is 8.14. The number of carbonyl (C=O) groups is 1. The smallest absolute Gasteiger partial charge is 0.326 e. The van der Waals surface area contributed by atoms with Crippen molar-refractivity contribution in [1.82, 2.24) is 10.2 Å². The number of carboxylic acids is 1. The molecular weight excluding hydrogens is 236 g/mol. The fraction of sp³-hybridized carbons (Fsp3) is 0.571. The van der Waals surface area contributed by atoms with Crippen LogP contribution in [0.25, 0.3) is 0 Å². The fourth-order valence-corrected chi connectivity index (χ4v) is 1.97. The van der Waals surface area contributed by atoms with Crippen LogP contribution in [-0.4, -0.2) is 39.3 Å². The summed E-state index contributed by atoms with van der Waals surface area (Å²) in [5.41, 5.74) is 5.38. The maximum Gasteiger partial charge on any atom is 0.326 e. The van der Waals surface area contributed by atoms with Gasteiger partial charge >= 0.3 is 5.97 Å². The lowest BCUT2D eigenvalue weighted by Crippen LogP contribution is -2.29. The van der Waals surface area contributed by atoms with Gasteiger partial charge in [0.15, 0.2) is 0 Å². The van der Waals surface area contributed by atoms with Gasteiger partial charge in [0, 0.05) is 0 Å². The maximum absolute atomic E-state index is 10.9. The lowest BCUT2D eigenvalue weighted by Gasteiger charge is -2.11. The van der Waals surface area contributed by atoms with E-state index in [1.54, 1.807) is 11.8 Å². The van der Waals surface area contributed by atoms with E-state index in [2.05, 4.69) is 15.5 Å². The molecule has 0 radical (unpaired) electrons. The highest BCUT2D eigenvalue weighted by Crippen LogP contribution is 2.18. The monoisotopic (exact) mass is 248 g/mol. The number of nitrogens with one attached hydrogen (secondary N) is 1. The van der Waals surface area contributed by atoms with Gasteiger partial charge in [0.2, 0.25) is 10.3 Å². The van der Waals surface area contributed by atoms with Gasteiger partial charge in [0.05, 0.1) is 0 Å². The van der Waals surface area contributed by atoms with Gasteiger partial charge in [-0.25, -0.2) is 4.79 Å². The number of thioether (sulfide) groups is 1. The fourth-order valence-electron chi connectivity index (χ4n) is 0.935. The van der Waals surface area contributed by atoms with E-state index < -0.39 is 12.0 Å². The summed E-state index contributed by atoms with van der Waals surface area (Å²) in [6.45, 7) is 0. The Morgan fingerprint density at radius 2 is 2.47 bits per heavy atom. The van der Waals surface area contributed by atoms with Crippen LogP contribution in [0.2, 0.25) is 0 Å². The van der Waals surface area contributed by atoms with Crippen molar-refractivity contribution in [3.05, 3.63) is 0 Å². The number of carboxylic acid groups (broad SMARTS) is 1. The highest BCUT2D eigenvalue weighted by molar-refractivity contribution is 7.98. The second-order valence-corrected chi connectivity index (χ2v) is 4.76. The molecule has 0 unspecified atom stereocenters. The molecule has 15 heavy (non-hydrogen) atoms. The largest absolute Gasteiger partial charge is 0.480 e. The van der Waals surface area contributed by atoms with Gasteiger partial charge in [0.1, 0.15) is 6.04 Å². The summed E-state index contributed by atoms with van der Waals surface area (Å²) in [5, 5.41) is 19.8. The number of anilines is 2. The summed E-state index contributed by atoms with van der Waals surface area (Å²) in [4.78, 5) is 10.9. The topological polar surface area (TPSA) is 101 Å². The molecule has 0 fully saturated rings. The van der Waals surface area contributed by atoms with Gasteiger partial charge in [-0.05, 0) is 18.4 Å². The molecular formula is C7H12N4O2S2. The van der Waals surface area contributed by atoms with Crippen LogP contribution in [0, 0.1) is 0 Å². The predicted molar refractivity (Wildman–Crippen MR) is 62.4 cm³/mol. The van der Waals surface area contributed by atoms with Gasteiger partial charge < -0.3 is 16.2 Å². The van der Waals surface area contributed by atoms with Crippen molar-refractivity contribution in [2.45, 2.75) is 12.5 Å². The summed E-state index contributed by atoms with van der Waals surface area (Å²) in [6, 6.07) is -0.634. The number of hydrogen-bond acceptors (Lipinski definition) is 7. The van der Waals surface area contributed by atoms with Crippen LogP contribution in [0.15, 0.2) is 0 Å². The quantitative estimate of drug-likeness (QED) is 0.682. The van der Waals surface area contributed by atoms with E-state index in [-0.39, 0.29) is 0 Å². The van der Waals surface area contributed by atoms with E-state index in [9.17, 15) is 4.79 Å². The summed E-state index contributed by atoms with van der Waals surface area (Å²) >= 11 is 2.74. The SMILES string of the molecule is CSCC[C@H](Nc1nnc(N)s1)C(=O)O. The van der Waals surface area contributed by atoms with Crippen molar-refractivity contribution >= 4 is 39.3 Å². The van der Waals surface area contributed by atoms with E-state index in [0.717, 1.165) is 17.1 Å². The number of nitrogens with two attached hydrogens (primary N) is 1. The molecule has 0 saturated carbocycles. The first kappa shape index (κ1) is 12.1. The third-order valence-corrected chi connectivity index (χ3v) is 2.97. The van der Waals surface area contributed by atoms with Gasteiger partial charge in [-0.15, -0.1) is 10.2 Å². The van der Waals surface area contributed by atoms with Crippen molar-refractivity contribution in [1.29, 1.82) is 0 Å². The van der Waals surface area contributed by atoms with Crippen LogP contribution in [0.4, 0.5) is 10.3 Å². The van der Waals surface area contributed by atoms with Crippen molar-refractivity contribution in [2.75, 3.05) is 23.1 Å². The molecule has 0 aliphatic rings. The summed E-state index contributed by atoms with van der Waals surface area (Å²) in [7, 11) is 0. The van der Waals surface area contributed by atoms with E-state index >= 15 is 0 Å². The van der Waals surface area contributed by atoms with E-state index in [4.69, 9.17) is 10.8 Å². The molecule has 1 aromatic rings. The van der Waals surface area contributed by atoms with Crippen LogP contribution in [0.1, 0.15) is 6.42 Å². The van der Waals surface area contributed by atoms with Gasteiger partial charge in [0.25, 0.3) is 0 Å². The van der Waals surface area contributed by atoms with Gasteiger partial charge in [-0.3, -0.25) is 0 Å². The molecule has 84 valence electrons. The molecule has 1 heterocycles. The molecule has 1 aromatic heterocycles. The first-order chi connectivity index (χ1) is 7.13. The third-order valence-electron chi connectivity index (χ3n) is 1.65. The highest BCUT2D eigenvalue weighted by Gasteiger charge is 2.18. The van der Waals surface area contributed by atoms with Crippen molar-refractivity contribution in [3.63, 3.8) is 0 Å². The molecule has 4 N–H and O–H groups in total. The van der Waals surface area contributed by atoms with Crippen LogP contribution in [0.5, 0.6) is 0 Å². The number of nitrogens with zero attached hydrogens (tertiary/aromatic N) is 2. The van der Waals surface area contributed by atoms with Gasteiger partial charge in [-0.2, -0.15) is 11.8 Å². The van der Waals surface area contributed by atoms with Crippen LogP contribution in [0.3, 0.4) is 0 Å². The summed E-state index contributed by atoms with van der Waals surface area (Å²) in [5.74, 6) is -0.115. The Kier molecular flexibility index (Phi) is 4.63. The Balaban J connectivity index is 2.54. The minimum Gasteiger partial charge on any atom is -0.480 e. The lowest BCUT2D eigenvalue weighted by atomic mass is 10.2. The zero-order valence-corrected chi connectivity index (χ0v) is 9.77. The first-order valence-electron chi connectivity index (χ1n) is 4.20. The first-order valence-corrected chi connectivity index (χ1v) is 6.41. The molecule has 0 aliphatic heterocycles. The second-order valence-electron chi connectivity index (χ2n) is 2.76. The van der Waals surface area contributed by atoms with Crippen molar-refractivity contribution in [2.24, 2.45) is 0 Å². The second kappa shape index (κ2) is 5.76. The molecule has 0 bridgehead atoms. The highest BCUT2D eigenvalue weighted by atomic mass is 32.2. The van der Waals surface area contributed by atoms with Crippen LogP contribution < -0.4 is 11.1 Å². The number of aromatic nitrogens is 2. The molecule has 0 aromatic carbocycles. The van der Waals surface area contributed by atoms with E-state index in [1.807, 2.05) is 6.26 Å². The van der Waals surface area contributed by atoms with Crippen molar-refractivity contribution in [3.8, 4) is 0 Å². The molecule has 1 atom stereocenters. The number of aliphatic carboxylic acids is 1. The average molecular weight is 248 g/mol. The molecule has 1 rings (SSSR count). The maximum atomic E-state index is 10.9. The van der Waals surface area contributed by atoms with E-state index in [1.165, 1.54) is 0 Å². The Morgan fingerprint density at radius 3 is 2.93 bits per heavy atom. The number of hydrogen-bond donors (Lipinski definition) is 3. The summed E-state index contributed by atoms with van der Waals surface area (Å²) < 4.78 is 0. The van der Waals surface area contributed by atoms with Crippen LogP contribution in [-0.2, 0) is 4.79 Å². The Morgan fingerprint density at radius 1 is 1.73 bits per heavy atom. The molecule has 0 aliphatic carbocycles. The Labute approximate surface area is 95.3 Å². The lowest BCUT2D eigenvalue weighted by molar-refractivity contribution is -0.137. The number of rotatable bonds is 6. The molecule has 0 amide bonds. The minimum atomic E-state index is -0.891. The molecule has 0 saturated heterocycles. The minimum absolute atomic E-state index is 0.325. The average Bonchev–Trinajstić information content (AvgIpc) is 2.58. The van der Waals surface area contributed by atoms with Crippen LogP contribution >= 0.6 is 23.1 Å². The molecule has 0 spiro atoms. The standard InChI is InChI=1S/C7H12N4O2S2/c1-14-3-2-4(5(12)13)9-7-11-10-6(8)15-7/h4H,2-3H2,1H3,(H2,8,10)(H,9,11)(H,12,13)/t4-/m0/s1. The Hall–Kier alpha value is -1.02. The van der Waals surface area contributed by atoms with Gasteiger partial charge in [-0.1, -0.05) is 11.3 Å². The summed E-state index contributed by atoms with van der Waals surface area (Å²) in [6.07, 6.45) is 2.47. The predicted octanol–water partition coefficient (Wildman–Crippen LogP) is 0.738. The normalized spacial score (nSPS) is 12.3. The Bertz CT molecular complexity index is 331. The zero-order chi connectivity index (χ0) is 11.3. The number of nitrogen functional groups attached to an aromatic ring is 1. The molecule has 8 heteroatoms.